The smallest absolute Gasteiger partial charge is 0.263 e. The fourth-order valence-electron chi connectivity index (χ4n) is 1.38. The topological polar surface area (TPSA) is 148 Å². The van der Waals surface area contributed by atoms with Crippen LogP contribution in [0.4, 0.5) is 5.95 Å². The van der Waals surface area contributed by atoms with Gasteiger partial charge in [0.15, 0.2) is 0 Å². The van der Waals surface area contributed by atoms with Crippen molar-refractivity contribution in [1.29, 1.82) is 0 Å². The summed E-state index contributed by atoms with van der Waals surface area (Å²) in [6, 6.07) is -0.509. The zero-order valence-corrected chi connectivity index (χ0v) is 10.3. The van der Waals surface area contributed by atoms with E-state index in [4.69, 9.17) is 11.5 Å². The molecule has 9 heteroatoms. The summed E-state index contributed by atoms with van der Waals surface area (Å²) in [6.07, 6.45) is 2.23. The third-order valence-electron chi connectivity index (χ3n) is 2.25. The first kappa shape index (κ1) is 13.9. The van der Waals surface area contributed by atoms with Gasteiger partial charge in [0, 0.05) is 6.54 Å². The van der Waals surface area contributed by atoms with Gasteiger partial charge in [0.05, 0.1) is 5.84 Å². The van der Waals surface area contributed by atoms with E-state index in [1.807, 2.05) is 0 Å². The van der Waals surface area contributed by atoms with E-state index in [2.05, 4.69) is 30.9 Å². The molecule has 1 rings (SSSR count). The molecule has 0 spiro atoms. The Labute approximate surface area is 104 Å². The fourth-order valence-corrected chi connectivity index (χ4v) is 1.38. The number of amidine groups is 1. The van der Waals surface area contributed by atoms with Crippen molar-refractivity contribution < 1.29 is 4.79 Å². The molecule has 9 nitrogen and oxygen atoms in total. The number of carbonyl (C=O) groups excluding carboxylic acids is 1. The maximum absolute atomic E-state index is 11.2. The Morgan fingerprint density at radius 3 is 2.83 bits per heavy atom. The Kier molecular flexibility index (Phi) is 5.55. The number of hydrogen-bond donors (Lipinski definition) is 4. The molecule has 0 aromatic carbocycles. The minimum absolute atomic E-state index is 0.259. The Bertz CT molecular complexity index is 383. The first-order chi connectivity index (χ1) is 8.59. The molecule has 6 N–H and O–H groups in total. The van der Waals surface area contributed by atoms with Gasteiger partial charge in [-0.15, -0.1) is 5.10 Å². The molecule has 0 aliphatic rings. The average molecular weight is 254 g/mol. The summed E-state index contributed by atoms with van der Waals surface area (Å²) >= 11 is 0. The summed E-state index contributed by atoms with van der Waals surface area (Å²) in [4.78, 5) is 15.3. The number of H-pyrrole nitrogens is 1. The second kappa shape index (κ2) is 7.20. The van der Waals surface area contributed by atoms with Gasteiger partial charge in [0.25, 0.3) is 5.95 Å². The Balaban J connectivity index is 2.30. The summed E-state index contributed by atoms with van der Waals surface area (Å²) < 4.78 is 0. The minimum atomic E-state index is -0.509. The zero-order valence-electron chi connectivity index (χ0n) is 10.3. The number of aliphatic imine (C=N–C) groups is 1. The second-order valence-corrected chi connectivity index (χ2v) is 3.85. The van der Waals surface area contributed by atoms with Crippen LogP contribution in [-0.2, 0) is 4.79 Å². The van der Waals surface area contributed by atoms with Crippen LogP contribution in [0.15, 0.2) is 4.99 Å². The van der Waals surface area contributed by atoms with Crippen LogP contribution in [-0.4, -0.2) is 45.0 Å². The highest BCUT2D eigenvalue weighted by molar-refractivity contribution is 5.82. The number of tetrazole rings is 1. The monoisotopic (exact) mass is 254 g/mol. The third kappa shape index (κ3) is 5.23. The van der Waals surface area contributed by atoms with E-state index >= 15 is 0 Å². The summed E-state index contributed by atoms with van der Waals surface area (Å²) in [5, 5.41) is 15.9. The quantitative estimate of drug-likeness (QED) is 0.266. The van der Waals surface area contributed by atoms with Crippen LogP contribution in [0.3, 0.4) is 0 Å². The fraction of sp³-hybridized carbons (Fsp3) is 0.667. The molecule has 0 aliphatic heterocycles. The summed E-state index contributed by atoms with van der Waals surface area (Å²) in [7, 11) is 0. The van der Waals surface area contributed by atoms with Gasteiger partial charge in [0.2, 0.25) is 5.91 Å². The van der Waals surface area contributed by atoms with Crippen molar-refractivity contribution in [3.63, 3.8) is 0 Å². The number of hydrogen-bond acceptors (Lipinski definition) is 6. The van der Waals surface area contributed by atoms with Crippen molar-refractivity contribution in [2.24, 2.45) is 16.5 Å². The van der Waals surface area contributed by atoms with Gasteiger partial charge in [0.1, 0.15) is 6.04 Å². The first-order valence-corrected chi connectivity index (χ1v) is 5.65. The van der Waals surface area contributed by atoms with Gasteiger partial charge < -0.3 is 16.8 Å². The van der Waals surface area contributed by atoms with Crippen molar-refractivity contribution in [2.75, 3.05) is 11.9 Å². The summed E-state index contributed by atoms with van der Waals surface area (Å²) in [5.41, 5.74) is 10.7. The Hall–Kier alpha value is -2.19. The second-order valence-electron chi connectivity index (χ2n) is 3.85. The van der Waals surface area contributed by atoms with Crippen molar-refractivity contribution in [3.8, 4) is 0 Å². The lowest BCUT2D eigenvalue weighted by Gasteiger charge is -2.12. The van der Waals surface area contributed by atoms with Gasteiger partial charge in [-0.3, -0.25) is 9.79 Å². The van der Waals surface area contributed by atoms with Gasteiger partial charge in [-0.2, -0.15) is 5.21 Å². The molecule has 0 bridgehead atoms. The van der Waals surface area contributed by atoms with Crippen LogP contribution in [0.5, 0.6) is 0 Å². The molecule has 1 aromatic heterocycles. The van der Waals surface area contributed by atoms with Crippen LogP contribution >= 0.6 is 0 Å². The standard InChI is InChI=1S/C9H18N8O/c1-6(10)12-5-3-2-4-7(8(11)18)13-9-14-16-17-15-9/h7H,2-5H2,1H3,(H2,10,12)(H2,11,18)(H2,13,14,15,16,17). The van der Waals surface area contributed by atoms with Crippen LogP contribution in [0, 0.1) is 0 Å². The molecule has 18 heavy (non-hydrogen) atoms. The van der Waals surface area contributed by atoms with Gasteiger partial charge in [-0.25, -0.2) is 0 Å². The molecular weight excluding hydrogens is 236 g/mol. The molecule has 1 amide bonds. The third-order valence-corrected chi connectivity index (χ3v) is 2.25. The number of carbonyl (C=O) groups is 1. The molecular formula is C9H18N8O. The molecule has 1 heterocycles. The molecule has 0 radical (unpaired) electrons. The highest BCUT2D eigenvalue weighted by Gasteiger charge is 2.16. The summed E-state index contributed by atoms with van der Waals surface area (Å²) in [6.45, 7) is 2.39. The lowest BCUT2D eigenvalue weighted by molar-refractivity contribution is -0.118. The molecule has 0 saturated carbocycles. The van der Waals surface area contributed by atoms with Crippen LogP contribution in [0.2, 0.25) is 0 Å². The highest BCUT2D eigenvalue weighted by Crippen LogP contribution is 2.05. The maximum Gasteiger partial charge on any atom is 0.263 e. The largest absolute Gasteiger partial charge is 0.388 e. The number of aromatic amines is 1. The van der Waals surface area contributed by atoms with Crippen molar-refractivity contribution >= 4 is 17.7 Å². The number of amides is 1. The lowest BCUT2D eigenvalue weighted by atomic mass is 10.1. The number of nitrogens with one attached hydrogen (secondary N) is 2. The molecule has 1 atom stereocenters. The van der Waals surface area contributed by atoms with E-state index in [1.165, 1.54) is 0 Å². The first-order valence-electron chi connectivity index (χ1n) is 5.65. The van der Waals surface area contributed by atoms with E-state index in [9.17, 15) is 4.79 Å². The number of nitrogens with zero attached hydrogens (tertiary/aromatic N) is 4. The lowest BCUT2D eigenvalue weighted by Crippen LogP contribution is -2.35. The van der Waals surface area contributed by atoms with Gasteiger partial charge in [-0.1, -0.05) is 5.10 Å². The van der Waals surface area contributed by atoms with E-state index in [0.29, 0.717) is 18.8 Å². The Morgan fingerprint density at radius 2 is 2.28 bits per heavy atom. The van der Waals surface area contributed by atoms with Crippen molar-refractivity contribution in [3.05, 3.63) is 0 Å². The van der Waals surface area contributed by atoms with Crippen molar-refractivity contribution in [1.82, 2.24) is 20.6 Å². The number of anilines is 1. The van der Waals surface area contributed by atoms with Gasteiger partial charge >= 0.3 is 0 Å². The molecule has 1 unspecified atom stereocenters. The van der Waals surface area contributed by atoms with Crippen LogP contribution in [0.1, 0.15) is 26.2 Å². The number of nitrogens with two attached hydrogens (primary N) is 2. The predicted octanol–water partition coefficient (Wildman–Crippen LogP) is -0.987. The molecule has 100 valence electrons. The predicted molar refractivity (Wildman–Crippen MR) is 66.8 cm³/mol. The van der Waals surface area contributed by atoms with Crippen LogP contribution in [0.25, 0.3) is 0 Å². The van der Waals surface area contributed by atoms with Crippen molar-refractivity contribution in [2.45, 2.75) is 32.2 Å². The normalized spacial score (nSPS) is 13.3. The van der Waals surface area contributed by atoms with E-state index in [0.717, 1.165) is 12.8 Å². The van der Waals surface area contributed by atoms with Gasteiger partial charge in [-0.05, 0) is 31.4 Å². The molecule has 0 saturated heterocycles. The molecule has 1 aromatic rings. The van der Waals surface area contributed by atoms with E-state index in [-0.39, 0.29) is 5.95 Å². The number of rotatable bonds is 8. The zero-order chi connectivity index (χ0) is 13.4. The minimum Gasteiger partial charge on any atom is -0.388 e. The van der Waals surface area contributed by atoms with E-state index in [1.54, 1.807) is 6.92 Å². The average Bonchev–Trinajstić information content (AvgIpc) is 2.79. The molecule has 0 fully saturated rings. The SMILES string of the molecule is CC(N)=NCCCCC(Nc1nn[nH]n1)C(N)=O. The number of primary amides is 1. The van der Waals surface area contributed by atoms with E-state index < -0.39 is 11.9 Å². The number of unbranched alkanes of at least 4 members (excludes halogenated alkanes) is 1. The number of aromatic nitrogens is 4. The maximum atomic E-state index is 11.2. The Morgan fingerprint density at radius 1 is 1.50 bits per heavy atom. The highest BCUT2D eigenvalue weighted by atomic mass is 16.1. The summed E-state index contributed by atoms with van der Waals surface area (Å²) in [5.74, 6) is 0.374. The van der Waals surface area contributed by atoms with Crippen LogP contribution < -0.4 is 16.8 Å². The molecule has 0 aliphatic carbocycles.